The Morgan fingerprint density at radius 1 is 1.62 bits per heavy atom. The first-order valence-electron chi connectivity index (χ1n) is 5.61. The fourth-order valence-corrected chi connectivity index (χ4v) is 1.99. The lowest BCUT2D eigenvalue weighted by molar-refractivity contribution is -0.119. The second-order valence-electron chi connectivity index (χ2n) is 4.76. The van der Waals surface area contributed by atoms with Gasteiger partial charge in [0.15, 0.2) is 0 Å². The maximum Gasteiger partial charge on any atom is 0.231 e. The highest BCUT2D eigenvalue weighted by Crippen LogP contribution is 2.47. The van der Waals surface area contributed by atoms with Crippen molar-refractivity contribution in [2.24, 2.45) is 11.7 Å². The summed E-state index contributed by atoms with van der Waals surface area (Å²) in [6.07, 6.45) is 1.23. The zero-order chi connectivity index (χ0) is 11.7. The van der Waals surface area contributed by atoms with Gasteiger partial charge < -0.3 is 10.2 Å². The standard InChI is InChI=1S/C12H18N2O2/c1-8-5-10(8)11-4-3-9(16-11)6-14(2)7-12(13)15/h3-4,8,10H,5-7H2,1-2H3,(H2,13,15). The molecule has 1 aromatic rings. The first kappa shape index (κ1) is 11.2. The first-order chi connectivity index (χ1) is 7.56. The highest BCUT2D eigenvalue weighted by molar-refractivity contribution is 5.75. The average molecular weight is 222 g/mol. The molecule has 0 aromatic carbocycles. The van der Waals surface area contributed by atoms with E-state index in [0.717, 1.165) is 17.4 Å². The minimum atomic E-state index is -0.315. The molecule has 4 nitrogen and oxygen atoms in total. The molecule has 1 heterocycles. The van der Waals surface area contributed by atoms with Gasteiger partial charge in [-0.2, -0.15) is 0 Å². The largest absolute Gasteiger partial charge is 0.464 e. The van der Waals surface area contributed by atoms with E-state index in [1.807, 2.05) is 24.1 Å². The summed E-state index contributed by atoms with van der Waals surface area (Å²) in [4.78, 5) is 12.6. The van der Waals surface area contributed by atoms with E-state index in [1.165, 1.54) is 6.42 Å². The number of carbonyl (C=O) groups is 1. The van der Waals surface area contributed by atoms with Crippen molar-refractivity contribution in [3.8, 4) is 0 Å². The van der Waals surface area contributed by atoms with E-state index in [0.29, 0.717) is 12.5 Å². The van der Waals surface area contributed by atoms with E-state index in [-0.39, 0.29) is 12.5 Å². The second kappa shape index (κ2) is 4.29. The van der Waals surface area contributed by atoms with Crippen LogP contribution in [0.5, 0.6) is 0 Å². The fraction of sp³-hybridized carbons (Fsp3) is 0.583. The van der Waals surface area contributed by atoms with Crippen molar-refractivity contribution < 1.29 is 9.21 Å². The molecule has 0 bridgehead atoms. The number of primary amides is 1. The summed E-state index contributed by atoms with van der Waals surface area (Å²) in [7, 11) is 1.85. The Balaban J connectivity index is 1.90. The maximum absolute atomic E-state index is 10.7. The van der Waals surface area contributed by atoms with Crippen molar-refractivity contribution in [3.63, 3.8) is 0 Å². The van der Waals surface area contributed by atoms with Gasteiger partial charge >= 0.3 is 0 Å². The average Bonchev–Trinajstić information content (AvgIpc) is 2.73. The van der Waals surface area contributed by atoms with Crippen LogP contribution >= 0.6 is 0 Å². The van der Waals surface area contributed by atoms with Gasteiger partial charge in [0, 0.05) is 5.92 Å². The Bertz CT molecular complexity index is 386. The zero-order valence-electron chi connectivity index (χ0n) is 9.77. The highest BCUT2D eigenvalue weighted by Gasteiger charge is 2.36. The molecule has 1 aliphatic carbocycles. The van der Waals surface area contributed by atoms with E-state index in [4.69, 9.17) is 10.2 Å². The summed E-state index contributed by atoms with van der Waals surface area (Å²) in [5.74, 6) is 3.02. The Labute approximate surface area is 95.4 Å². The number of furan rings is 1. The van der Waals surface area contributed by atoms with Crippen LogP contribution in [0.4, 0.5) is 0 Å². The predicted molar refractivity (Wildman–Crippen MR) is 60.8 cm³/mol. The lowest BCUT2D eigenvalue weighted by Crippen LogP contribution is -2.30. The lowest BCUT2D eigenvalue weighted by atomic mass is 10.3. The van der Waals surface area contributed by atoms with Crippen LogP contribution in [0.25, 0.3) is 0 Å². The molecule has 1 aromatic heterocycles. The number of hydrogen-bond acceptors (Lipinski definition) is 3. The van der Waals surface area contributed by atoms with Crippen molar-refractivity contribution in [1.82, 2.24) is 4.90 Å². The summed E-state index contributed by atoms with van der Waals surface area (Å²) in [5.41, 5.74) is 5.12. The Morgan fingerprint density at radius 2 is 2.31 bits per heavy atom. The number of carbonyl (C=O) groups excluding carboxylic acids is 1. The zero-order valence-corrected chi connectivity index (χ0v) is 9.77. The topological polar surface area (TPSA) is 59.5 Å². The van der Waals surface area contributed by atoms with Crippen LogP contribution in [-0.2, 0) is 11.3 Å². The summed E-state index contributed by atoms with van der Waals surface area (Å²) in [5, 5.41) is 0. The molecule has 4 heteroatoms. The monoisotopic (exact) mass is 222 g/mol. The van der Waals surface area contributed by atoms with Crippen LogP contribution in [0.3, 0.4) is 0 Å². The van der Waals surface area contributed by atoms with Gasteiger partial charge in [0.25, 0.3) is 0 Å². The molecule has 1 aliphatic rings. The maximum atomic E-state index is 10.7. The van der Waals surface area contributed by atoms with Gasteiger partial charge in [-0.15, -0.1) is 0 Å². The first-order valence-corrected chi connectivity index (χ1v) is 5.61. The van der Waals surface area contributed by atoms with Gasteiger partial charge in [-0.1, -0.05) is 6.92 Å². The molecule has 1 fully saturated rings. The SMILES string of the molecule is CC1CC1c1ccc(CN(C)CC(N)=O)o1. The van der Waals surface area contributed by atoms with E-state index in [1.54, 1.807) is 0 Å². The van der Waals surface area contributed by atoms with Crippen LogP contribution in [-0.4, -0.2) is 24.4 Å². The quantitative estimate of drug-likeness (QED) is 0.817. The number of rotatable bonds is 5. The van der Waals surface area contributed by atoms with Gasteiger partial charge in [0.1, 0.15) is 11.5 Å². The Kier molecular flexibility index (Phi) is 3.01. The Morgan fingerprint density at radius 3 is 2.88 bits per heavy atom. The van der Waals surface area contributed by atoms with Crippen LogP contribution in [0, 0.1) is 5.92 Å². The van der Waals surface area contributed by atoms with Crippen molar-refractivity contribution in [2.45, 2.75) is 25.8 Å². The summed E-state index contributed by atoms with van der Waals surface area (Å²) in [6, 6.07) is 4.03. The molecule has 0 saturated heterocycles. The molecule has 2 unspecified atom stereocenters. The smallest absolute Gasteiger partial charge is 0.231 e. The van der Waals surface area contributed by atoms with Crippen molar-refractivity contribution >= 4 is 5.91 Å². The Hall–Kier alpha value is -1.29. The minimum Gasteiger partial charge on any atom is -0.464 e. The van der Waals surface area contributed by atoms with Crippen LogP contribution < -0.4 is 5.73 Å². The number of amides is 1. The van der Waals surface area contributed by atoms with Gasteiger partial charge in [-0.3, -0.25) is 9.69 Å². The molecule has 16 heavy (non-hydrogen) atoms. The number of likely N-dealkylation sites (N-methyl/N-ethyl adjacent to an activating group) is 1. The summed E-state index contributed by atoms with van der Waals surface area (Å²) < 4.78 is 5.74. The van der Waals surface area contributed by atoms with E-state index in [9.17, 15) is 4.79 Å². The lowest BCUT2D eigenvalue weighted by Gasteiger charge is -2.11. The molecule has 2 atom stereocenters. The molecule has 1 saturated carbocycles. The van der Waals surface area contributed by atoms with Crippen molar-refractivity contribution in [1.29, 1.82) is 0 Å². The molecule has 2 N–H and O–H groups in total. The molecule has 2 rings (SSSR count). The predicted octanol–water partition coefficient (Wildman–Crippen LogP) is 1.32. The third-order valence-electron chi connectivity index (χ3n) is 3.01. The third-order valence-corrected chi connectivity index (χ3v) is 3.01. The number of nitrogens with zero attached hydrogens (tertiary/aromatic N) is 1. The molecule has 0 radical (unpaired) electrons. The van der Waals surface area contributed by atoms with Gasteiger partial charge in [0.05, 0.1) is 13.1 Å². The molecule has 0 spiro atoms. The number of hydrogen-bond donors (Lipinski definition) is 1. The minimum absolute atomic E-state index is 0.260. The van der Waals surface area contributed by atoms with Crippen LogP contribution in [0.2, 0.25) is 0 Å². The normalized spacial score (nSPS) is 23.7. The molecular formula is C12H18N2O2. The van der Waals surface area contributed by atoms with E-state index in [2.05, 4.69) is 6.92 Å². The van der Waals surface area contributed by atoms with Crippen molar-refractivity contribution in [2.75, 3.05) is 13.6 Å². The number of nitrogens with two attached hydrogens (primary N) is 1. The second-order valence-corrected chi connectivity index (χ2v) is 4.76. The van der Waals surface area contributed by atoms with Gasteiger partial charge in [-0.05, 0) is 31.5 Å². The van der Waals surface area contributed by atoms with E-state index < -0.39 is 0 Å². The third kappa shape index (κ3) is 2.64. The molecular weight excluding hydrogens is 204 g/mol. The van der Waals surface area contributed by atoms with Crippen molar-refractivity contribution in [3.05, 3.63) is 23.7 Å². The van der Waals surface area contributed by atoms with Gasteiger partial charge in [0.2, 0.25) is 5.91 Å². The fourth-order valence-electron chi connectivity index (χ4n) is 1.99. The summed E-state index contributed by atoms with van der Waals surface area (Å²) >= 11 is 0. The molecule has 0 aliphatic heterocycles. The highest BCUT2D eigenvalue weighted by atomic mass is 16.3. The summed E-state index contributed by atoms with van der Waals surface area (Å²) in [6.45, 7) is 3.12. The van der Waals surface area contributed by atoms with Crippen LogP contribution in [0.15, 0.2) is 16.5 Å². The van der Waals surface area contributed by atoms with Gasteiger partial charge in [-0.25, -0.2) is 0 Å². The van der Waals surface area contributed by atoms with E-state index >= 15 is 0 Å². The molecule has 1 amide bonds. The molecule has 88 valence electrons. The van der Waals surface area contributed by atoms with Crippen LogP contribution in [0.1, 0.15) is 30.8 Å².